The van der Waals surface area contributed by atoms with Gasteiger partial charge in [0.05, 0.1) is 17.2 Å². The van der Waals surface area contributed by atoms with E-state index in [0.29, 0.717) is 11.8 Å². The zero-order valence-electron chi connectivity index (χ0n) is 11.0. The van der Waals surface area contributed by atoms with Gasteiger partial charge < -0.3 is 9.52 Å². The molecule has 2 unspecified atom stereocenters. The molecule has 0 spiro atoms. The summed E-state index contributed by atoms with van der Waals surface area (Å²) in [6.45, 7) is 4.19. The van der Waals surface area contributed by atoms with E-state index < -0.39 is 0 Å². The monoisotopic (exact) mass is 278 g/mol. The molecule has 4 nitrogen and oxygen atoms in total. The van der Waals surface area contributed by atoms with E-state index in [0.717, 1.165) is 30.1 Å². The summed E-state index contributed by atoms with van der Waals surface area (Å²) in [5, 5.41) is 11.5. The smallest absolute Gasteiger partial charge is 0.236 e. The molecule has 0 aliphatic carbocycles. The molecule has 0 amide bonds. The van der Waals surface area contributed by atoms with Gasteiger partial charge in [0.1, 0.15) is 6.26 Å². The summed E-state index contributed by atoms with van der Waals surface area (Å²) in [5.41, 5.74) is 0.941. The summed E-state index contributed by atoms with van der Waals surface area (Å²) in [4.78, 5) is 7.88. The zero-order chi connectivity index (χ0) is 13.2. The lowest BCUT2D eigenvalue weighted by Crippen LogP contribution is -2.34. The summed E-state index contributed by atoms with van der Waals surface area (Å²) >= 11 is 1.63. The van der Waals surface area contributed by atoms with E-state index in [1.807, 2.05) is 17.5 Å². The van der Waals surface area contributed by atoms with E-state index >= 15 is 0 Å². The Hall–Kier alpha value is -1.17. The Labute approximate surface area is 116 Å². The van der Waals surface area contributed by atoms with Crippen LogP contribution < -0.4 is 0 Å². The van der Waals surface area contributed by atoms with Crippen molar-refractivity contribution in [3.63, 3.8) is 0 Å². The number of aliphatic hydroxyl groups excluding tert-OH is 1. The molecule has 3 heterocycles. The highest BCUT2D eigenvalue weighted by molar-refractivity contribution is 7.13. The molecule has 3 rings (SSSR count). The number of rotatable bonds is 4. The highest BCUT2D eigenvalue weighted by Gasteiger charge is 2.30. The second-order valence-corrected chi connectivity index (χ2v) is 6.06. The maximum absolute atomic E-state index is 9.46. The van der Waals surface area contributed by atoms with Gasteiger partial charge in [0, 0.05) is 12.6 Å². The minimum absolute atomic E-state index is 0.219. The number of likely N-dealkylation sites (tertiary alicyclic amines) is 1. The fraction of sp³-hybridized carbons (Fsp3) is 0.500. The first-order chi connectivity index (χ1) is 9.28. The molecule has 2 atom stereocenters. The second-order valence-electron chi connectivity index (χ2n) is 5.11. The fourth-order valence-corrected chi connectivity index (χ4v) is 3.34. The number of nitrogens with zero attached hydrogens (tertiary/aromatic N) is 2. The Bertz CT molecular complexity index is 523. The molecule has 2 aromatic heterocycles. The Morgan fingerprint density at radius 2 is 2.47 bits per heavy atom. The first-order valence-electron chi connectivity index (χ1n) is 6.61. The predicted octanol–water partition coefficient (Wildman–Crippen LogP) is 2.61. The van der Waals surface area contributed by atoms with Crippen LogP contribution in [0.1, 0.15) is 19.0 Å². The molecule has 5 heteroatoms. The van der Waals surface area contributed by atoms with E-state index in [1.165, 1.54) is 0 Å². The van der Waals surface area contributed by atoms with Gasteiger partial charge in [-0.1, -0.05) is 13.0 Å². The maximum atomic E-state index is 9.46. The van der Waals surface area contributed by atoms with Crippen LogP contribution in [0.25, 0.3) is 10.8 Å². The van der Waals surface area contributed by atoms with Gasteiger partial charge in [-0.3, -0.25) is 4.90 Å². The lowest BCUT2D eigenvalue weighted by molar-refractivity contribution is 0.133. The van der Waals surface area contributed by atoms with Crippen molar-refractivity contribution in [3.05, 3.63) is 29.5 Å². The van der Waals surface area contributed by atoms with Gasteiger partial charge in [0.2, 0.25) is 5.89 Å². The van der Waals surface area contributed by atoms with Crippen molar-refractivity contribution < 1.29 is 9.52 Å². The van der Waals surface area contributed by atoms with Crippen molar-refractivity contribution >= 4 is 11.3 Å². The summed E-state index contributed by atoms with van der Waals surface area (Å²) in [6, 6.07) is 4.25. The molecule has 102 valence electrons. The van der Waals surface area contributed by atoms with Crippen LogP contribution in [0.15, 0.2) is 28.2 Å². The zero-order valence-corrected chi connectivity index (χ0v) is 11.8. The topological polar surface area (TPSA) is 49.5 Å². The van der Waals surface area contributed by atoms with E-state index in [-0.39, 0.29) is 12.6 Å². The van der Waals surface area contributed by atoms with Gasteiger partial charge in [-0.2, -0.15) is 0 Å². The average Bonchev–Trinajstić information content (AvgIpc) is 3.11. The molecule has 1 N–H and O–H groups in total. The normalized spacial score (nSPS) is 24.1. The number of oxazole rings is 1. The van der Waals surface area contributed by atoms with Crippen LogP contribution >= 0.6 is 11.3 Å². The quantitative estimate of drug-likeness (QED) is 0.934. The van der Waals surface area contributed by atoms with Crippen LogP contribution in [0.2, 0.25) is 0 Å². The summed E-state index contributed by atoms with van der Waals surface area (Å²) < 4.78 is 5.53. The van der Waals surface area contributed by atoms with E-state index in [4.69, 9.17) is 4.42 Å². The van der Waals surface area contributed by atoms with Crippen LogP contribution in [0.4, 0.5) is 0 Å². The van der Waals surface area contributed by atoms with Crippen LogP contribution in [0, 0.1) is 5.92 Å². The van der Waals surface area contributed by atoms with Crippen LogP contribution in [-0.2, 0) is 6.54 Å². The van der Waals surface area contributed by atoms with Crippen molar-refractivity contribution in [2.24, 2.45) is 5.92 Å². The van der Waals surface area contributed by atoms with Crippen molar-refractivity contribution in [1.29, 1.82) is 0 Å². The Morgan fingerprint density at radius 1 is 1.58 bits per heavy atom. The average molecular weight is 278 g/mol. The molecule has 0 saturated carbocycles. The maximum Gasteiger partial charge on any atom is 0.236 e. The number of aromatic nitrogens is 1. The predicted molar refractivity (Wildman–Crippen MR) is 74.9 cm³/mol. The van der Waals surface area contributed by atoms with Gasteiger partial charge in [0.25, 0.3) is 0 Å². The molecule has 19 heavy (non-hydrogen) atoms. The van der Waals surface area contributed by atoms with Crippen molar-refractivity contribution in [1.82, 2.24) is 9.88 Å². The molecule has 1 aliphatic heterocycles. The highest BCUT2D eigenvalue weighted by atomic mass is 32.1. The van der Waals surface area contributed by atoms with Crippen molar-refractivity contribution in [2.45, 2.75) is 25.9 Å². The molecule has 1 aliphatic rings. The SMILES string of the molecule is CC1CCN(Cc2coc(-c3cccs3)n2)C1CO. The van der Waals surface area contributed by atoms with Gasteiger partial charge >= 0.3 is 0 Å². The van der Waals surface area contributed by atoms with Crippen molar-refractivity contribution in [3.8, 4) is 10.8 Å². The fourth-order valence-electron chi connectivity index (χ4n) is 2.68. The summed E-state index contributed by atoms with van der Waals surface area (Å²) in [5.74, 6) is 1.24. The van der Waals surface area contributed by atoms with E-state index in [1.54, 1.807) is 17.6 Å². The van der Waals surface area contributed by atoms with Gasteiger partial charge in [-0.25, -0.2) is 4.98 Å². The molecule has 0 radical (unpaired) electrons. The van der Waals surface area contributed by atoms with E-state index in [2.05, 4.69) is 16.8 Å². The third kappa shape index (κ3) is 2.59. The first-order valence-corrected chi connectivity index (χ1v) is 7.49. The van der Waals surface area contributed by atoms with Gasteiger partial charge in [-0.15, -0.1) is 11.3 Å². The molecular formula is C14H18N2O2S. The third-order valence-corrected chi connectivity index (χ3v) is 4.69. The lowest BCUT2D eigenvalue weighted by atomic mass is 10.0. The molecule has 0 bridgehead atoms. The Kier molecular flexibility index (Phi) is 3.68. The largest absolute Gasteiger partial charge is 0.444 e. The summed E-state index contributed by atoms with van der Waals surface area (Å²) in [6.07, 6.45) is 2.87. The van der Waals surface area contributed by atoms with Crippen LogP contribution in [-0.4, -0.2) is 34.2 Å². The minimum Gasteiger partial charge on any atom is -0.444 e. The van der Waals surface area contributed by atoms with E-state index in [9.17, 15) is 5.11 Å². The number of hydrogen-bond donors (Lipinski definition) is 1. The summed E-state index contributed by atoms with van der Waals surface area (Å²) in [7, 11) is 0. The lowest BCUT2D eigenvalue weighted by Gasteiger charge is -2.23. The standard InChI is InChI=1S/C14H18N2O2S/c1-10-4-5-16(12(10)8-17)7-11-9-18-14(15-11)13-3-2-6-19-13/h2-3,6,9-10,12,17H,4-5,7-8H2,1H3. The number of thiophene rings is 1. The van der Waals surface area contributed by atoms with Gasteiger partial charge in [0.15, 0.2) is 0 Å². The molecule has 0 aromatic carbocycles. The van der Waals surface area contributed by atoms with Crippen LogP contribution in [0.3, 0.4) is 0 Å². The molecule has 2 aromatic rings. The molecule has 1 fully saturated rings. The third-order valence-electron chi connectivity index (χ3n) is 3.83. The minimum atomic E-state index is 0.219. The number of hydrogen-bond acceptors (Lipinski definition) is 5. The number of aliphatic hydroxyl groups is 1. The first kappa shape index (κ1) is 12.8. The molecular weight excluding hydrogens is 260 g/mol. The van der Waals surface area contributed by atoms with Crippen LogP contribution in [0.5, 0.6) is 0 Å². The van der Waals surface area contributed by atoms with Gasteiger partial charge in [-0.05, 0) is 30.3 Å². The Morgan fingerprint density at radius 3 is 3.21 bits per heavy atom. The molecule has 1 saturated heterocycles. The highest BCUT2D eigenvalue weighted by Crippen LogP contribution is 2.27. The Balaban J connectivity index is 1.71. The second kappa shape index (κ2) is 5.45. The van der Waals surface area contributed by atoms with Crippen molar-refractivity contribution in [2.75, 3.05) is 13.2 Å².